The van der Waals surface area contributed by atoms with E-state index < -0.39 is 0 Å². The second-order valence-electron chi connectivity index (χ2n) is 3.89. The number of nitrogens with two attached hydrogens (primary N) is 1. The zero-order valence-electron chi connectivity index (χ0n) is 10.3. The fourth-order valence-corrected chi connectivity index (χ4v) is 2.15. The van der Waals surface area contributed by atoms with Gasteiger partial charge in [-0.25, -0.2) is 0 Å². The predicted octanol–water partition coefficient (Wildman–Crippen LogP) is 3.29. The van der Waals surface area contributed by atoms with E-state index >= 15 is 0 Å². The summed E-state index contributed by atoms with van der Waals surface area (Å²) in [5, 5.41) is 2.81. The molecule has 19 heavy (non-hydrogen) atoms. The van der Waals surface area contributed by atoms with Crippen LogP contribution >= 0.6 is 15.9 Å². The molecule has 0 unspecified atom stereocenters. The number of para-hydroxylation sites is 1. The minimum absolute atomic E-state index is 0.233. The minimum Gasteiger partial charge on any atom is -0.496 e. The molecule has 0 saturated heterocycles. The third kappa shape index (κ3) is 3.06. The monoisotopic (exact) mass is 320 g/mol. The highest BCUT2D eigenvalue weighted by Crippen LogP contribution is 2.26. The summed E-state index contributed by atoms with van der Waals surface area (Å²) >= 11 is 3.36. The van der Waals surface area contributed by atoms with Gasteiger partial charge in [0, 0.05) is 10.2 Å². The molecule has 0 bridgehead atoms. The van der Waals surface area contributed by atoms with E-state index in [0.717, 1.165) is 4.47 Å². The van der Waals surface area contributed by atoms with Crippen molar-refractivity contribution in [3.8, 4) is 5.75 Å². The van der Waals surface area contributed by atoms with Crippen molar-refractivity contribution >= 4 is 33.2 Å². The number of methoxy groups -OCH3 is 1. The lowest BCUT2D eigenvalue weighted by Crippen LogP contribution is -2.13. The van der Waals surface area contributed by atoms with Crippen LogP contribution < -0.4 is 15.8 Å². The molecule has 0 heterocycles. The molecule has 98 valence electrons. The van der Waals surface area contributed by atoms with Crippen molar-refractivity contribution in [3.63, 3.8) is 0 Å². The summed E-state index contributed by atoms with van der Waals surface area (Å²) in [4.78, 5) is 12.2. The van der Waals surface area contributed by atoms with Crippen molar-refractivity contribution in [2.24, 2.45) is 0 Å². The molecule has 3 N–H and O–H groups in total. The first-order chi connectivity index (χ1) is 9.11. The number of nitrogen functional groups attached to an aromatic ring is 1. The highest BCUT2D eigenvalue weighted by Gasteiger charge is 2.12. The van der Waals surface area contributed by atoms with Crippen molar-refractivity contribution in [1.29, 1.82) is 0 Å². The van der Waals surface area contributed by atoms with Gasteiger partial charge in [0.2, 0.25) is 0 Å². The SMILES string of the molecule is COc1ccccc1C(=O)Nc1ccc(N)cc1Br. The highest BCUT2D eigenvalue weighted by molar-refractivity contribution is 9.10. The summed E-state index contributed by atoms with van der Waals surface area (Å²) in [6.45, 7) is 0. The number of carbonyl (C=O) groups is 1. The van der Waals surface area contributed by atoms with Gasteiger partial charge in [0.25, 0.3) is 5.91 Å². The van der Waals surface area contributed by atoms with Gasteiger partial charge in [0.15, 0.2) is 0 Å². The Balaban J connectivity index is 2.26. The van der Waals surface area contributed by atoms with Gasteiger partial charge in [-0.1, -0.05) is 12.1 Å². The van der Waals surface area contributed by atoms with Crippen LogP contribution in [-0.4, -0.2) is 13.0 Å². The van der Waals surface area contributed by atoms with E-state index in [4.69, 9.17) is 10.5 Å². The molecular formula is C14H13BrN2O2. The summed E-state index contributed by atoms with van der Waals surface area (Å²) in [5.41, 5.74) is 7.42. The Morgan fingerprint density at radius 1 is 1.26 bits per heavy atom. The Hall–Kier alpha value is -2.01. The van der Waals surface area contributed by atoms with Crippen LogP contribution in [0.5, 0.6) is 5.75 Å². The lowest BCUT2D eigenvalue weighted by molar-refractivity contribution is 0.102. The number of hydrogen-bond acceptors (Lipinski definition) is 3. The quantitative estimate of drug-likeness (QED) is 0.853. The molecular weight excluding hydrogens is 308 g/mol. The molecule has 0 aliphatic rings. The Labute approximate surface area is 119 Å². The van der Waals surface area contributed by atoms with Gasteiger partial charge in [0.1, 0.15) is 5.75 Å². The van der Waals surface area contributed by atoms with Crippen LogP contribution in [0.1, 0.15) is 10.4 Å². The van der Waals surface area contributed by atoms with Crippen LogP contribution in [-0.2, 0) is 0 Å². The number of rotatable bonds is 3. The molecule has 0 aromatic heterocycles. The first kappa shape index (κ1) is 13.4. The lowest BCUT2D eigenvalue weighted by atomic mass is 10.2. The van der Waals surface area contributed by atoms with E-state index in [1.165, 1.54) is 7.11 Å². The van der Waals surface area contributed by atoms with Crippen molar-refractivity contribution in [1.82, 2.24) is 0 Å². The zero-order chi connectivity index (χ0) is 13.8. The molecule has 4 nitrogen and oxygen atoms in total. The summed E-state index contributed by atoms with van der Waals surface area (Å²) in [6.07, 6.45) is 0. The van der Waals surface area contributed by atoms with E-state index in [9.17, 15) is 4.79 Å². The Morgan fingerprint density at radius 2 is 2.00 bits per heavy atom. The van der Waals surface area contributed by atoms with Gasteiger partial charge in [0.05, 0.1) is 18.4 Å². The lowest BCUT2D eigenvalue weighted by Gasteiger charge is -2.10. The number of benzene rings is 2. The average Bonchev–Trinajstić information content (AvgIpc) is 2.41. The summed E-state index contributed by atoms with van der Waals surface area (Å²) in [5.74, 6) is 0.300. The largest absolute Gasteiger partial charge is 0.496 e. The van der Waals surface area contributed by atoms with Crippen molar-refractivity contribution in [2.45, 2.75) is 0 Å². The minimum atomic E-state index is -0.233. The topological polar surface area (TPSA) is 64.3 Å². The number of nitrogens with one attached hydrogen (secondary N) is 1. The van der Waals surface area contributed by atoms with Crippen LogP contribution in [0, 0.1) is 0 Å². The average molecular weight is 321 g/mol. The van der Waals surface area contributed by atoms with Gasteiger partial charge >= 0.3 is 0 Å². The number of amides is 1. The van der Waals surface area contributed by atoms with Crippen molar-refractivity contribution < 1.29 is 9.53 Å². The molecule has 2 aromatic carbocycles. The molecule has 2 rings (SSSR count). The van der Waals surface area contributed by atoms with Crippen LogP contribution in [0.3, 0.4) is 0 Å². The second kappa shape index (κ2) is 5.75. The summed E-state index contributed by atoms with van der Waals surface area (Å²) < 4.78 is 5.89. The predicted molar refractivity (Wildman–Crippen MR) is 79.5 cm³/mol. The van der Waals surface area contributed by atoms with Crippen LogP contribution in [0.2, 0.25) is 0 Å². The number of carbonyl (C=O) groups excluding carboxylic acids is 1. The van der Waals surface area contributed by atoms with E-state index in [-0.39, 0.29) is 5.91 Å². The standard InChI is InChI=1S/C14H13BrN2O2/c1-19-13-5-3-2-4-10(13)14(18)17-12-7-6-9(16)8-11(12)15/h2-8H,16H2,1H3,(H,17,18). The third-order valence-electron chi connectivity index (χ3n) is 2.59. The molecule has 0 aliphatic carbocycles. The van der Waals surface area contributed by atoms with E-state index in [0.29, 0.717) is 22.7 Å². The van der Waals surface area contributed by atoms with Gasteiger partial charge in [-0.15, -0.1) is 0 Å². The molecule has 0 fully saturated rings. The fourth-order valence-electron chi connectivity index (χ4n) is 1.65. The van der Waals surface area contributed by atoms with Gasteiger partial charge in [-0.3, -0.25) is 4.79 Å². The Kier molecular flexibility index (Phi) is 4.06. The smallest absolute Gasteiger partial charge is 0.259 e. The number of ether oxygens (including phenoxy) is 1. The first-order valence-electron chi connectivity index (χ1n) is 5.61. The van der Waals surface area contributed by atoms with Crippen LogP contribution in [0.15, 0.2) is 46.9 Å². The van der Waals surface area contributed by atoms with Gasteiger partial charge in [-0.2, -0.15) is 0 Å². The third-order valence-corrected chi connectivity index (χ3v) is 3.25. The van der Waals surface area contributed by atoms with Gasteiger partial charge < -0.3 is 15.8 Å². The molecule has 1 amide bonds. The maximum Gasteiger partial charge on any atom is 0.259 e. The summed E-state index contributed by atoms with van der Waals surface area (Å²) in [7, 11) is 1.53. The van der Waals surface area contributed by atoms with E-state index in [2.05, 4.69) is 21.2 Å². The molecule has 5 heteroatoms. The Morgan fingerprint density at radius 3 is 2.68 bits per heavy atom. The van der Waals surface area contributed by atoms with Crippen LogP contribution in [0.4, 0.5) is 11.4 Å². The molecule has 0 radical (unpaired) electrons. The zero-order valence-corrected chi connectivity index (χ0v) is 11.9. The second-order valence-corrected chi connectivity index (χ2v) is 4.75. The molecule has 0 saturated carbocycles. The normalized spacial score (nSPS) is 10.0. The molecule has 0 atom stereocenters. The maximum absolute atomic E-state index is 12.2. The fraction of sp³-hybridized carbons (Fsp3) is 0.0714. The first-order valence-corrected chi connectivity index (χ1v) is 6.40. The Bertz CT molecular complexity index is 614. The number of hydrogen-bond donors (Lipinski definition) is 2. The van der Waals surface area contributed by atoms with Crippen LogP contribution in [0.25, 0.3) is 0 Å². The van der Waals surface area contributed by atoms with Gasteiger partial charge in [-0.05, 0) is 46.3 Å². The van der Waals surface area contributed by atoms with Crippen molar-refractivity contribution in [3.05, 3.63) is 52.5 Å². The molecule has 0 aliphatic heterocycles. The molecule has 2 aromatic rings. The van der Waals surface area contributed by atoms with Crippen molar-refractivity contribution in [2.75, 3.05) is 18.2 Å². The van der Waals surface area contributed by atoms with E-state index in [1.54, 1.807) is 36.4 Å². The summed E-state index contributed by atoms with van der Waals surface area (Å²) in [6, 6.07) is 12.3. The number of anilines is 2. The maximum atomic E-state index is 12.2. The number of halogens is 1. The van der Waals surface area contributed by atoms with E-state index in [1.807, 2.05) is 6.07 Å². The highest BCUT2D eigenvalue weighted by atomic mass is 79.9. The molecule has 0 spiro atoms.